The van der Waals surface area contributed by atoms with E-state index in [0.29, 0.717) is 6.42 Å². The van der Waals surface area contributed by atoms with Crippen LogP contribution >= 0.6 is 0 Å². The number of rotatable bonds is 5. The van der Waals surface area contributed by atoms with Crippen LogP contribution in [0, 0.1) is 0 Å². The predicted octanol–water partition coefficient (Wildman–Crippen LogP) is 1.94. The Morgan fingerprint density at radius 2 is 2.14 bits per heavy atom. The van der Waals surface area contributed by atoms with E-state index in [4.69, 9.17) is 14.6 Å². The predicted molar refractivity (Wildman–Crippen MR) is 74.8 cm³/mol. The molecule has 1 amide bonds. The molecule has 1 aliphatic rings. The molecule has 21 heavy (non-hydrogen) atoms. The van der Waals surface area contributed by atoms with Crippen molar-refractivity contribution in [3.63, 3.8) is 0 Å². The van der Waals surface area contributed by atoms with Crippen LogP contribution in [0.2, 0.25) is 0 Å². The summed E-state index contributed by atoms with van der Waals surface area (Å²) in [7, 11) is 0. The summed E-state index contributed by atoms with van der Waals surface area (Å²) in [6.45, 7) is 2.17. The first-order valence-electron chi connectivity index (χ1n) is 6.81. The van der Waals surface area contributed by atoms with Gasteiger partial charge >= 0.3 is 12.1 Å². The number of carbonyl (C=O) groups is 2. The summed E-state index contributed by atoms with van der Waals surface area (Å²) >= 11 is 0. The third-order valence-corrected chi connectivity index (χ3v) is 3.39. The smallest absolute Gasteiger partial charge is 0.407 e. The van der Waals surface area contributed by atoms with E-state index in [2.05, 4.69) is 5.32 Å². The maximum absolute atomic E-state index is 11.9. The molecule has 1 heterocycles. The van der Waals surface area contributed by atoms with Crippen LogP contribution < -0.4 is 5.32 Å². The lowest BCUT2D eigenvalue weighted by atomic mass is 9.92. The molecule has 2 unspecified atom stereocenters. The molecule has 1 aromatic carbocycles. The summed E-state index contributed by atoms with van der Waals surface area (Å²) < 4.78 is 10.5. The van der Waals surface area contributed by atoms with E-state index in [-0.39, 0.29) is 25.7 Å². The first kappa shape index (κ1) is 15.3. The van der Waals surface area contributed by atoms with Crippen LogP contribution in [0.1, 0.15) is 25.3 Å². The minimum atomic E-state index is -0.976. The maximum Gasteiger partial charge on any atom is 0.407 e. The van der Waals surface area contributed by atoms with Gasteiger partial charge in [0.15, 0.2) is 0 Å². The van der Waals surface area contributed by atoms with Gasteiger partial charge in [0, 0.05) is 0 Å². The number of carboxylic acid groups (broad SMARTS) is 1. The topological polar surface area (TPSA) is 84.9 Å². The van der Waals surface area contributed by atoms with Gasteiger partial charge in [-0.2, -0.15) is 0 Å². The van der Waals surface area contributed by atoms with Crippen molar-refractivity contribution in [2.24, 2.45) is 0 Å². The monoisotopic (exact) mass is 293 g/mol. The number of amides is 1. The molecular formula is C15H19NO5. The molecule has 0 radical (unpaired) electrons. The number of benzene rings is 1. The lowest BCUT2D eigenvalue weighted by Gasteiger charge is -2.26. The highest BCUT2D eigenvalue weighted by atomic mass is 16.5. The van der Waals surface area contributed by atoms with Crippen molar-refractivity contribution in [1.29, 1.82) is 0 Å². The second-order valence-electron chi connectivity index (χ2n) is 5.36. The Hall–Kier alpha value is -2.08. The fourth-order valence-corrected chi connectivity index (χ4v) is 2.49. The molecule has 2 atom stereocenters. The van der Waals surface area contributed by atoms with Gasteiger partial charge in [-0.05, 0) is 18.9 Å². The van der Waals surface area contributed by atoms with E-state index in [9.17, 15) is 9.59 Å². The van der Waals surface area contributed by atoms with Crippen LogP contribution in [0.3, 0.4) is 0 Å². The third kappa shape index (κ3) is 4.46. The zero-order valence-electron chi connectivity index (χ0n) is 11.9. The van der Waals surface area contributed by atoms with Crippen molar-refractivity contribution in [1.82, 2.24) is 5.32 Å². The molecule has 6 nitrogen and oxygen atoms in total. The summed E-state index contributed by atoms with van der Waals surface area (Å²) in [5.74, 6) is -0.976. The Kier molecular flexibility index (Phi) is 4.80. The van der Waals surface area contributed by atoms with E-state index in [0.717, 1.165) is 5.56 Å². The number of hydrogen-bond acceptors (Lipinski definition) is 4. The Morgan fingerprint density at radius 3 is 2.71 bits per heavy atom. The van der Waals surface area contributed by atoms with E-state index in [1.807, 2.05) is 37.3 Å². The Labute approximate surface area is 123 Å². The SMILES string of the molecule is CC1CC(CC(=O)O)(NC(=O)OCc2ccccc2)CO1. The summed E-state index contributed by atoms with van der Waals surface area (Å²) in [6, 6.07) is 9.29. The van der Waals surface area contributed by atoms with Gasteiger partial charge in [0.25, 0.3) is 0 Å². The molecule has 0 spiro atoms. The van der Waals surface area contributed by atoms with E-state index >= 15 is 0 Å². The van der Waals surface area contributed by atoms with Crippen molar-refractivity contribution >= 4 is 12.1 Å². The minimum absolute atomic E-state index is 0.0845. The molecule has 0 bridgehead atoms. The van der Waals surface area contributed by atoms with Gasteiger partial charge in [-0.25, -0.2) is 4.79 Å². The maximum atomic E-state index is 11.9. The largest absolute Gasteiger partial charge is 0.481 e. The lowest BCUT2D eigenvalue weighted by Crippen LogP contribution is -2.50. The Bertz CT molecular complexity index is 504. The molecule has 1 saturated heterocycles. The fourth-order valence-electron chi connectivity index (χ4n) is 2.49. The molecule has 2 N–H and O–H groups in total. The number of aliphatic carboxylic acids is 1. The number of hydrogen-bond donors (Lipinski definition) is 2. The summed E-state index contributed by atoms with van der Waals surface area (Å²) in [5.41, 5.74) is -0.0186. The molecule has 114 valence electrons. The van der Waals surface area contributed by atoms with Gasteiger partial charge < -0.3 is 19.9 Å². The molecule has 1 fully saturated rings. The minimum Gasteiger partial charge on any atom is -0.481 e. The van der Waals surface area contributed by atoms with Crippen LogP contribution in [-0.4, -0.2) is 35.4 Å². The average Bonchev–Trinajstić information content (AvgIpc) is 2.77. The highest BCUT2D eigenvalue weighted by Gasteiger charge is 2.42. The third-order valence-electron chi connectivity index (χ3n) is 3.39. The number of carbonyl (C=O) groups excluding carboxylic acids is 1. The standard InChI is InChI=1S/C15H19NO5/c1-11-7-15(10-21-11,8-13(17)18)16-14(19)20-9-12-5-3-2-4-6-12/h2-6,11H,7-10H2,1H3,(H,16,19)(H,17,18). The van der Waals surface area contributed by atoms with Crippen molar-refractivity contribution in [2.45, 2.75) is 38.0 Å². The zero-order valence-corrected chi connectivity index (χ0v) is 11.9. The number of ether oxygens (including phenoxy) is 2. The summed E-state index contributed by atoms with van der Waals surface area (Å²) in [6.07, 6.45) is -0.436. The average molecular weight is 293 g/mol. The Balaban J connectivity index is 1.91. The number of nitrogens with one attached hydrogen (secondary N) is 1. The van der Waals surface area contributed by atoms with E-state index in [1.165, 1.54) is 0 Å². The quantitative estimate of drug-likeness (QED) is 0.866. The normalized spacial score (nSPS) is 24.5. The van der Waals surface area contributed by atoms with E-state index < -0.39 is 17.6 Å². The fraction of sp³-hybridized carbons (Fsp3) is 0.467. The first-order valence-corrected chi connectivity index (χ1v) is 6.81. The molecular weight excluding hydrogens is 274 g/mol. The number of carboxylic acids is 1. The Morgan fingerprint density at radius 1 is 1.43 bits per heavy atom. The van der Waals surface area contributed by atoms with Crippen LogP contribution in [0.15, 0.2) is 30.3 Å². The van der Waals surface area contributed by atoms with E-state index in [1.54, 1.807) is 0 Å². The van der Waals surface area contributed by atoms with Crippen LogP contribution in [-0.2, 0) is 20.9 Å². The van der Waals surface area contributed by atoms with Crippen molar-refractivity contribution in [3.8, 4) is 0 Å². The van der Waals surface area contributed by atoms with Crippen molar-refractivity contribution < 1.29 is 24.2 Å². The van der Waals surface area contributed by atoms with Gasteiger partial charge in [0.1, 0.15) is 6.61 Å². The first-order chi connectivity index (χ1) is 9.99. The molecule has 6 heteroatoms. The van der Waals surface area contributed by atoms with Gasteiger partial charge in [-0.1, -0.05) is 30.3 Å². The zero-order chi connectivity index (χ0) is 15.3. The van der Waals surface area contributed by atoms with Gasteiger partial charge in [-0.3, -0.25) is 4.79 Å². The molecule has 0 saturated carbocycles. The highest BCUT2D eigenvalue weighted by Crippen LogP contribution is 2.27. The van der Waals surface area contributed by atoms with Crippen LogP contribution in [0.25, 0.3) is 0 Å². The second-order valence-corrected chi connectivity index (χ2v) is 5.36. The molecule has 1 aromatic rings. The molecule has 0 aliphatic carbocycles. The van der Waals surface area contributed by atoms with Crippen molar-refractivity contribution in [2.75, 3.05) is 6.61 Å². The van der Waals surface area contributed by atoms with Crippen LogP contribution in [0.5, 0.6) is 0 Å². The van der Waals surface area contributed by atoms with Gasteiger partial charge in [0.2, 0.25) is 0 Å². The van der Waals surface area contributed by atoms with Gasteiger partial charge in [-0.15, -0.1) is 0 Å². The summed E-state index contributed by atoms with van der Waals surface area (Å²) in [4.78, 5) is 22.9. The lowest BCUT2D eigenvalue weighted by molar-refractivity contribution is -0.138. The number of alkyl carbamates (subject to hydrolysis) is 1. The summed E-state index contributed by atoms with van der Waals surface area (Å²) in [5, 5.41) is 11.7. The second kappa shape index (κ2) is 6.58. The molecule has 1 aliphatic heterocycles. The van der Waals surface area contributed by atoms with Crippen LogP contribution in [0.4, 0.5) is 4.79 Å². The molecule has 0 aromatic heterocycles. The van der Waals surface area contributed by atoms with Crippen molar-refractivity contribution in [3.05, 3.63) is 35.9 Å². The molecule has 2 rings (SSSR count). The highest BCUT2D eigenvalue weighted by molar-refractivity contribution is 5.73. The van der Waals surface area contributed by atoms with Gasteiger partial charge in [0.05, 0.1) is 24.7 Å².